The maximum absolute atomic E-state index is 5.97. The predicted molar refractivity (Wildman–Crippen MR) is 59.1 cm³/mol. The van der Waals surface area contributed by atoms with E-state index in [0.717, 1.165) is 12.5 Å². The molecule has 2 N–H and O–H groups in total. The Kier molecular flexibility index (Phi) is 5.32. The van der Waals surface area contributed by atoms with Gasteiger partial charge in [-0.15, -0.1) is 0 Å². The zero-order valence-electron chi connectivity index (χ0n) is 8.98. The van der Waals surface area contributed by atoms with E-state index >= 15 is 0 Å². The molecule has 0 aliphatic heterocycles. The molecule has 0 heterocycles. The van der Waals surface area contributed by atoms with E-state index in [-0.39, 0.29) is 0 Å². The Labute approximate surface area is 79.4 Å². The summed E-state index contributed by atoms with van der Waals surface area (Å²) in [5.74, 6) is 0. The van der Waals surface area contributed by atoms with Gasteiger partial charge in [0.1, 0.15) is 0 Å². The van der Waals surface area contributed by atoms with Crippen LogP contribution in [0, 0.1) is 0 Å². The fraction of sp³-hybridized carbons (Fsp3) is 1.00. The van der Waals surface area contributed by atoms with Crippen molar-refractivity contribution in [1.82, 2.24) is 0 Å². The minimum Gasteiger partial charge on any atom is -0.456 e. The molecule has 0 rings (SSSR count). The van der Waals surface area contributed by atoms with Crippen molar-refractivity contribution in [3.8, 4) is 0 Å². The van der Waals surface area contributed by atoms with Crippen LogP contribution in [0.15, 0.2) is 0 Å². The predicted octanol–water partition coefficient (Wildman–Crippen LogP) is 2.20. The Bertz CT molecular complexity index is 125. The molecule has 0 aromatic heterocycles. The third-order valence-corrected chi connectivity index (χ3v) is 6.50. The van der Waals surface area contributed by atoms with Gasteiger partial charge in [-0.05, 0) is 38.7 Å². The fourth-order valence-corrected chi connectivity index (χ4v) is 6.62. The van der Waals surface area contributed by atoms with E-state index in [0.29, 0.717) is 6.04 Å². The fourth-order valence-electron chi connectivity index (χ4n) is 1.08. The molecule has 0 aliphatic carbocycles. The van der Waals surface area contributed by atoms with Gasteiger partial charge in [-0.2, -0.15) is 0 Å². The molecule has 1 radical (unpaired) electrons. The second-order valence-corrected chi connectivity index (χ2v) is 11.1. The largest absolute Gasteiger partial charge is 0.456 e. The molecule has 12 heavy (non-hydrogen) atoms. The van der Waals surface area contributed by atoms with Crippen LogP contribution in [0.25, 0.3) is 0 Å². The maximum Gasteiger partial charge on any atom is 0.196 e. The molecule has 0 spiro atoms. The van der Waals surface area contributed by atoms with E-state index in [2.05, 4.69) is 33.1 Å². The van der Waals surface area contributed by atoms with E-state index in [9.17, 15) is 0 Å². The molecule has 0 aromatic rings. The van der Waals surface area contributed by atoms with Crippen molar-refractivity contribution in [1.29, 1.82) is 0 Å². The summed E-state index contributed by atoms with van der Waals surface area (Å²) in [6.07, 6.45) is 1.07. The Hall–Kier alpha value is 0.354. The minimum atomic E-state index is -1.31. The van der Waals surface area contributed by atoms with Crippen LogP contribution in [-0.4, -0.2) is 23.4 Å². The first kappa shape index (κ1) is 12.4. The van der Waals surface area contributed by atoms with Gasteiger partial charge in [-0.25, -0.2) is 0 Å². The molecule has 1 atom stereocenters. The van der Waals surface area contributed by atoms with Crippen molar-refractivity contribution >= 4 is 17.4 Å². The lowest BCUT2D eigenvalue weighted by molar-refractivity contribution is 0.556. The molecule has 0 saturated heterocycles. The third kappa shape index (κ3) is 7.03. The summed E-state index contributed by atoms with van der Waals surface area (Å²) in [5, 5.41) is 0. The standard InChI is InChI=1S/C8H22NOSi2/c1-6-8(9)7-11(2)10-12(3,4)5/h8H,6-7,9H2,1-5H3. The van der Waals surface area contributed by atoms with Crippen LogP contribution in [0.5, 0.6) is 0 Å². The second-order valence-electron chi connectivity index (χ2n) is 4.29. The first-order valence-corrected chi connectivity index (χ1v) is 10.1. The number of hydrogen-bond acceptors (Lipinski definition) is 2. The maximum atomic E-state index is 5.97. The van der Waals surface area contributed by atoms with Gasteiger partial charge < -0.3 is 9.85 Å². The molecule has 2 nitrogen and oxygen atoms in total. The molecule has 0 saturated carbocycles. The molecule has 0 amide bonds. The number of nitrogens with two attached hydrogens (primary N) is 1. The molecule has 0 aromatic carbocycles. The van der Waals surface area contributed by atoms with E-state index in [1.807, 2.05) is 0 Å². The van der Waals surface area contributed by atoms with Gasteiger partial charge in [0.2, 0.25) is 0 Å². The van der Waals surface area contributed by atoms with E-state index < -0.39 is 17.4 Å². The topological polar surface area (TPSA) is 35.2 Å². The van der Waals surface area contributed by atoms with Crippen LogP contribution in [0.1, 0.15) is 13.3 Å². The minimum absolute atomic E-state index is 0.347. The Balaban J connectivity index is 3.66. The van der Waals surface area contributed by atoms with Gasteiger partial charge in [0.25, 0.3) is 0 Å². The van der Waals surface area contributed by atoms with Crippen LogP contribution in [0.3, 0.4) is 0 Å². The van der Waals surface area contributed by atoms with Crippen molar-refractivity contribution in [3.63, 3.8) is 0 Å². The molecular weight excluding hydrogens is 182 g/mol. The molecule has 0 fully saturated rings. The zero-order chi connectivity index (χ0) is 9.78. The molecule has 4 heteroatoms. The van der Waals surface area contributed by atoms with E-state index in [1.54, 1.807) is 0 Å². The van der Waals surface area contributed by atoms with Crippen LogP contribution >= 0.6 is 0 Å². The highest BCUT2D eigenvalue weighted by atomic mass is 28.4. The van der Waals surface area contributed by atoms with Gasteiger partial charge in [-0.3, -0.25) is 0 Å². The van der Waals surface area contributed by atoms with Gasteiger partial charge in [-0.1, -0.05) is 6.92 Å². The SMILES string of the molecule is CCC(N)C[Si](C)O[Si](C)(C)C. The Morgan fingerprint density at radius 1 is 1.42 bits per heavy atom. The highest BCUT2D eigenvalue weighted by Crippen LogP contribution is 2.09. The summed E-state index contributed by atoms with van der Waals surface area (Å²) in [7, 11) is -1.93. The second kappa shape index (κ2) is 5.16. The normalized spacial score (nSPS) is 15.2. The lowest BCUT2D eigenvalue weighted by Gasteiger charge is -2.23. The van der Waals surface area contributed by atoms with Gasteiger partial charge in [0, 0.05) is 6.04 Å². The summed E-state index contributed by atoms with van der Waals surface area (Å²) in [6.45, 7) is 11.1. The smallest absolute Gasteiger partial charge is 0.196 e. The summed E-state index contributed by atoms with van der Waals surface area (Å²) in [5.41, 5.74) is 5.85. The lowest BCUT2D eigenvalue weighted by Crippen LogP contribution is -2.36. The first-order valence-electron chi connectivity index (χ1n) is 4.62. The van der Waals surface area contributed by atoms with E-state index in [4.69, 9.17) is 9.85 Å². The third-order valence-electron chi connectivity index (χ3n) is 1.55. The Morgan fingerprint density at radius 2 is 1.92 bits per heavy atom. The zero-order valence-corrected chi connectivity index (χ0v) is 11.0. The molecular formula is C8H22NOSi2. The van der Waals surface area contributed by atoms with Crippen molar-refractivity contribution in [2.75, 3.05) is 0 Å². The van der Waals surface area contributed by atoms with Crippen molar-refractivity contribution in [2.45, 2.75) is 51.6 Å². The average molecular weight is 204 g/mol. The van der Waals surface area contributed by atoms with Crippen molar-refractivity contribution in [3.05, 3.63) is 0 Å². The highest BCUT2D eigenvalue weighted by Gasteiger charge is 2.20. The van der Waals surface area contributed by atoms with Crippen LogP contribution in [0.4, 0.5) is 0 Å². The summed E-state index contributed by atoms with van der Waals surface area (Å²) in [6, 6.07) is 1.44. The number of rotatable bonds is 5. The summed E-state index contributed by atoms with van der Waals surface area (Å²) < 4.78 is 5.97. The summed E-state index contributed by atoms with van der Waals surface area (Å²) in [4.78, 5) is 0. The van der Waals surface area contributed by atoms with Crippen LogP contribution in [0.2, 0.25) is 32.2 Å². The monoisotopic (exact) mass is 204 g/mol. The quantitative estimate of drug-likeness (QED) is 0.697. The van der Waals surface area contributed by atoms with Crippen molar-refractivity contribution < 1.29 is 4.12 Å². The van der Waals surface area contributed by atoms with Gasteiger partial charge >= 0.3 is 0 Å². The van der Waals surface area contributed by atoms with Crippen LogP contribution in [-0.2, 0) is 4.12 Å². The molecule has 0 bridgehead atoms. The Morgan fingerprint density at radius 3 is 2.25 bits per heavy atom. The van der Waals surface area contributed by atoms with Crippen LogP contribution < -0.4 is 5.73 Å². The molecule has 0 aliphatic rings. The highest BCUT2D eigenvalue weighted by molar-refractivity contribution is 6.77. The van der Waals surface area contributed by atoms with Gasteiger partial charge in [0.05, 0.1) is 0 Å². The summed E-state index contributed by atoms with van der Waals surface area (Å²) >= 11 is 0. The lowest BCUT2D eigenvalue weighted by atomic mass is 10.3. The average Bonchev–Trinajstić information content (AvgIpc) is 1.82. The van der Waals surface area contributed by atoms with Gasteiger partial charge in [0.15, 0.2) is 17.4 Å². The number of hydrogen-bond donors (Lipinski definition) is 1. The molecule has 73 valence electrons. The van der Waals surface area contributed by atoms with E-state index in [1.165, 1.54) is 0 Å². The van der Waals surface area contributed by atoms with Crippen molar-refractivity contribution in [2.24, 2.45) is 5.73 Å². The molecule has 1 unspecified atom stereocenters. The first-order chi connectivity index (χ1) is 5.35.